The first-order valence-electron chi connectivity index (χ1n) is 4.10. The van der Waals surface area contributed by atoms with Crippen LogP contribution in [0, 0.1) is 10.1 Å². The fraction of sp³-hybridized carbons (Fsp3) is 0.333. The molecule has 76 valence electrons. The summed E-state index contributed by atoms with van der Waals surface area (Å²) in [5, 5.41) is 10.4. The molecule has 1 unspecified atom stereocenters. The molecular formula is C9H12N2O3. The second-order valence-electron chi connectivity index (χ2n) is 2.95. The molecule has 0 radical (unpaired) electrons. The molecule has 0 saturated carbocycles. The second kappa shape index (κ2) is 4.17. The number of rotatable bonds is 4. The average Bonchev–Trinajstić information content (AvgIpc) is 2.18. The molecule has 14 heavy (non-hydrogen) atoms. The zero-order valence-electron chi connectivity index (χ0n) is 7.84. The van der Waals surface area contributed by atoms with E-state index in [4.69, 9.17) is 10.5 Å². The topological polar surface area (TPSA) is 78.4 Å². The molecule has 0 aliphatic heterocycles. The van der Waals surface area contributed by atoms with Gasteiger partial charge in [0.05, 0.1) is 0 Å². The highest BCUT2D eigenvalue weighted by molar-refractivity contribution is 5.21. The van der Waals surface area contributed by atoms with Gasteiger partial charge in [0.1, 0.15) is 0 Å². The Morgan fingerprint density at radius 1 is 1.50 bits per heavy atom. The van der Waals surface area contributed by atoms with Crippen molar-refractivity contribution >= 4 is 0 Å². The summed E-state index contributed by atoms with van der Waals surface area (Å²) in [4.78, 5) is 9.90. The number of hydrogen-bond acceptors (Lipinski definition) is 4. The monoisotopic (exact) mass is 196 g/mol. The van der Waals surface area contributed by atoms with Crippen LogP contribution in [-0.4, -0.2) is 18.6 Å². The van der Waals surface area contributed by atoms with Crippen LogP contribution in [0.15, 0.2) is 30.3 Å². The van der Waals surface area contributed by atoms with Crippen LogP contribution in [0.3, 0.4) is 0 Å². The molecule has 0 spiro atoms. The van der Waals surface area contributed by atoms with E-state index in [1.54, 1.807) is 24.3 Å². The van der Waals surface area contributed by atoms with E-state index in [0.717, 1.165) is 0 Å². The maximum Gasteiger partial charge on any atom is 0.249 e. The Kier molecular flexibility index (Phi) is 3.16. The molecule has 1 atom stereocenters. The van der Waals surface area contributed by atoms with Crippen molar-refractivity contribution < 1.29 is 9.66 Å². The third-order valence-corrected chi connectivity index (χ3v) is 1.99. The van der Waals surface area contributed by atoms with Crippen LogP contribution in [0.2, 0.25) is 0 Å². The fourth-order valence-electron chi connectivity index (χ4n) is 1.19. The molecule has 5 nitrogen and oxygen atoms in total. The van der Waals surface area contributed by atoms with E-state index in [9.17, 15) is 10.1 Å². The summed E-state index contributed by atoms with van der Waals surface area (Å²) in [6.45, 7) is -0.451. The van der Waals surface area contributed by atoms with Crippen LogP contribution in [-0.2, 0) is 10.5 Å². The zero-order chi connectivity index (χ0) is 10.6. The molecular weight excluding hydrogens is 184 g/mol. The molecule has 0 aliphatic carbocycles. The van der Waals surface area contributed by atoms with Gasteiger partial charge in [-0.15, -0.1) is 0 Å². The van der Waals surface area contributed by atoms with Crippen molar-refractivity contribution in [2.45, 2.75) is 5.72 Å². The number of nitrogens with zero attached hydrogens (tertiary/aromatic N) is 1. The molecule has 1 aromatic carbocycles. The lowest BCUT2D eigenvalue weighted by molar-refractivity contribution is -0.503. The van der Waals surface area contributed by atoms with Gasteiger partial charge in [-0.3, -0.25) is 15.8 Å². The molecule has 0 heterocycles. The first-order chi connectivity index (χ1) is 6.58. The van der Waals surface area contributed by atoms with Gasteiger partial charge >= 0.3 is 0 Å². The summed E-state index contributed by atoms with van der Waals surface area (Å²) in [7, 11) is 1.36. The van der Waals surface area contributed by atoms with Gasteiger partial charge in [-0.05, 0) is 0 Å². The zero-order valence-corrected chi connectivity index (χ0v) is 7.84. The number of nitrogens with two attached hydrogens (primary N) is 1. The van der Waals surface area contributed by atoms with E-state index >= 15 is 0 Å². The number of nitro groups is 1. The van der Waals surface area contributed by atoms with Crippen molar-refractivity contribution in [1.29, 1.82) is 0 Å². The Bertz CT molecular complexity index is 315. The van der Waals surface area contributed by atoms with Crippen LogP contribution in [0.5, 0.6) is 0 Å². The summed E-state index contributed by atoms with van der Waals surface area (Å²) in [5.41, 5.74) is 5.01. The van der Waals surface area contributed by atoms with E-state index in [1.807, 2.05) is 6.07 Å². The number of methoxy groups -OCH3 is 1. The molecule has 0 fully saturated rings. The highest BCUT2D eigenvalue weighted by Crippen LogP contribution is 2.18. The van der Waals surface area contributed by atoms with E-state index in [1.165, 1.54) is 7.11 Å². The van der Waals surface area contributed by atoms with E-state index in [2.05, 4.69) is 0 Å². The lowest BCUT2D eigenvalue weighted by Crippen LogP contribution is -2.45. The van der Waals surface area contributed by atoms with Crippen molar-refractivity contribution in [3.63, 3.8) is 0 Å². The standard InChI is InChI=1S/C9H12N2O3/c1-14-9(10,7-11(12)13)8-5-3-2-4-6-8/h2-6H,7,10H2,1H3. The largest absolute Gasteiger partial charge is 0.354 e. The smallest absolute Gasteiger partial charge is 0.249 e. The second-order valence-corrected chi connectivity index (χ2v) is 2.95. The quantitative estimate of drug-likeness (QED) is 0.437. The minimum Gasteiger partial charge on any atom is -0.354 e. The van der Waals surface area contributed by atoms with Gasteiger partial charge in [0.15, 0.2) is 0 Å². The lowest BCUT2D eigenvalue weighted by Gasteiger charge is -2.23. The van der Waals surface area contributed by atoms with Crippen LogP contribution < -0.4 is 5.73 Å². The van der Waals surface area contributed by atoms with Crippen LogP contribution in [0.1, 0.15) is 5.56 Å². The van der Waals surface area contributed by atoms with Gasteiger partial charge < -0.3 is 4.74 Å². The summed E-state index contributed by atoms with van der Waals surface area (Å²) >= 11 is 0. The van der Waals surface area contributed by atoms with Crippen molar-refractivity contribution in [1.82, 2.24) is 0 Å². The van der Waals surface area contributed by atoms with Gasteiger partial charge in [-0.25, -0.2) is 0 Å². The highest BCUT2D eigenvalue weighted by atomic mass is 16.6. The fourth-order valence-corrected chi connectivity index (χ4v) is 1.19. The van der Waals surface area contributed by atoms with Crippen LogP contribution in [0.4, 0.5) is 0 Å². The maximum atomic E-state index is 10.4. The van der Waals surface area contributed by atoms with Gasteiger partial charge in [0, 0.05) is 17.6 Å². The molecule has 1 aromatic rings. The third-order valence-electron chi connectivity index (χ3n) is 1.99. The lowest BCUT2D eigenvalue weighted by atomic mass is 10.0. The first-order valence-corrected chi connectivity index (χ1v) is 4.10. The highest BCUT2D eigenvalue weighted by Gasteiger charge is 2.32. The van der Waals surface area contributed by atoms with Gasteiger partial charge in [0.25, 0.3) is 0 Å². The van der Waals surface area contributed by atoms with E-state index in [0.29, 0.717) is 5.56 Å². The normalized spacial score (nSPS) is 14.7. The number of hydrogen-bond donors (Lipinski definition) is 1. The molecule has 2 N–H and O–H groups in total. The molecule has 1 rings (SSSR count). The van der Waals surface area contributed by atoms with E-state index < -0.39 is 17.2 Å². The predicted octanol–water partition coefficient (Wildman–Crippen LogP) is 0.721. The van der Waals surface area contributed by atoms with Gasteiger partial charge in [0.2, 0.25) is 12.3 Å². The number of ether oxygens (including phenoxy) is 1. The minimum absolute atomic E-state index is 0.451. The molecule has 0 saturated heterocycles. The molecule has 5 heteroatoms. The van der Waals surface area contributed by atoms with Crippen molar-refractivity contribution in [3.8, 4) is 0 Å². The first kappa shape index (κ1) is 10.6. The Labute approximate surface area is 81.6 Å². The maximum absolute atomic E-state index is 10.4. The third kappa shape index (κ3) is 2.27. The Balaban J connectivity index is 2.95. The molecule has 0 amide bonds. The van der Waals surface area contributed by atoms with Crippen LogP contribution in [0.25, 0.3) is 0 Å². The number of benzene rings is 1. The predicted molar refractivity (Wildman–Crippen MR) is 51.2 cm³/mol. The Morgan fingerprint density at radius 2 is 2.07 bits per heavy atom. The van der Waals surface area contributed by atoms with Crippen molar-refractivity contribution in [3.05, 3.63) is 46.0 Å². The van der Waals surface area contributed by atoms with Crippen molar-refractivity contribution in [2.24, 2.45) is 5.73 Å². The van der Waals surface area contributed by atoms with Crippen molar-refractivity contribution in [2.75, 3.05) is 13.7 Å². The SMILES string of the molecule is COC(N)(C[N+](=O)[O-])c1ccccc1. The van der Waals surface area contributed by atoms with Gasteiger partial charge in [-0.2, -0.15) is 0 Å². The van der Waals surface area contributed by atoms with E-state index in [-0.39, 0.29) is 0 Å². The van der Waals surface area contributed by atoms with Gasteiger partial charge in [-0.1, -0.05) is 30.3 Å². The molecule has 0 bridgehead atoms. The molecule has 0 aromatic heterocycles. The molecule has 0 aliphatic rings. The summed E-state index contributed by atoms with van der Waals surface area (Å²) in [5.74, 6) is 0. The summed E-state index contributed by atoms with van der Waals surface area (Å²) < 4.78 is 4.97. The van der Waals surface area contributed by atoms with Crippen LogP contribution >= 0.6 is 0 Å². The summed E-state index contributed by atoms with van der Waals surface area (Å²) in [6.07, 6.45) is 0. The minimum atomic E-state index is -1.34. The Hall–Kier alpha value is -1.46. The average molecular weight is 196 g/mol. The Morgan fingerprint density at radius 3 is 2.50 bits per heavy atom. The summed E-state index contributed by atoms with van der Waals surface area (Å²) in [6, 6.07) is 8.73.